The van der Waals surface area contributed by atoms with Crippen LogP contribution >= 0.6 is 11.8 Å². The third kappa shape index (κ3) is 4.13. The summed E-state index contributed by atoms with van der Waals surface area (Å²) in [6, 6.07) is 18.9. The molecule has 8 heteroatoms. The lowest BCUT2D eigenvalue weighted by molar-refractivity contribution is -0.121. The van der Waals surface area contributed by atoms with Gasteiger partial charge in [0.15, 0.2) is 11.5 Å². The molecule has 162 valence electrons. The molecule has 1 N–H and O–H groups in total. The predicted molar refractivity (Wildman–Crippen MR) is 120 cm³/mol. The minimum absolute atomic E-state index is 0.144. The zero-order valence-electron chi connectivity index (χ0n) is 16.9. The van der Waals surface area contributed by atoms with Crippen LogP contribution in [0.25, 0.3) is 0 Å². The van der Waals surface area contributed by atoms with Crippen LogP contribution in [0.5, 0.6) is 11.5 Å². The summed E-state index contributed by atoms with van der Waals surface area (Å²) in [5, 5.41) is 2.52. The molecular formula is C24H19FN2O4S. The molecule has 0 bridgehead atoms. The first kappa shape index (κ1) is 20.4. The average molecular weight is 450 g/mol. The lowest BCUT2D eigenvalue weighted by atomic mass is 10.1. The van der Waals surface area contributed by atoms with E-state index in [4.69, 9.17) is 9.47 Å². The number of carbonyl (C=O) groups excluding carboxylic acids is 2. The number of nitrogens with zero attached hydrogens (tertiary/aromatic N) is 1. The number of nitrogens with one attached hydrogen (secondary N) is 1. The maximum atomic E-state index is 13.4. The summed E-state index contributed by atoms with van der Waals surface area (Å²) in [7, 11) is 0. The largest absolute Gasteiger partial charge is 0.454 e. The van der Waals surface area contributed by atoms with Crippen LogP contribution in [0, 0.1) is 5.82 Å². The van der Waals surface area contributed by atoms with E-state index in [9.17, 15) is 14.0 Å². The zero-order chi connectivity index (χ0) is 22.1. The molecule has 3 aromatic carbocycles. The Hall–Kier alpha value is -3.52. The number of halogens is 1. The van der Waals surface area contributed by atoms with Crippen LogP contribution in [0.4, 0.5) is 15.8 Å². The highest BCUT2D eigenvalue weighted by molar-refractivity contribution is 7.99. The van der Waals surface area contributed by atoms with Gasteiger partial charge >= 0.3 is 0 Å². The van der Waals surface area contributed by atoms with E-state index in [0.29, 0.717) is 22.9 Å². The van der Waals surface area contributed by atoms with Crippen LogP contribution in [0.2, 0.25) is 0 Å². The Bertz CT molecular complexity index is 1200. The number of carbonyl (C=O) groups is 2. The van der Waals surface area contributed by atoms with Gasteiger partial charge in [-0.25, -0.2) is 4.39 Å². The fourth-order valence-electron chi connectivity index (χ4n) is 3.76. The van der Waals surface area contributed by atoms with Gasteiger partial charge in [-0.15, -0.1) is 11.8 Å². The molecule has 2 heterocycles. The highest BCUT2D eigenvalue weighted by Gasteiger charge is 2.31. The van der Waals surface area contributed by atoms with Crippen LogP contribution in [0.15, 0.2) is 71.6 Å². The number of rotatable bonds is 4. The predicted octanol–water partition coefficient (Wildman–Crippen LogP) is 4.76. The van der Waals surface area contributed by atoms with Gasteiger partial charge in [0.25, 0.3) is 0 Å². The van der Waals surface area contributed by atoms with Crippen LogP contribution in [-0.4, -0.2) is 25.2 Å². The van der Waals surface area contributed by atoms with Crippen LogP contribution < -0.4 is 19.7 Å². The van der Waals surface area contributed by atoms with Crippen molar-refractivity contribution in [2.75, 3.05) is 23.6 Å². The lowest BCUT2D eigenvalue weighted by Gasteiger charge is -2.22. The number of thioether (sulfide) groups is 1. The fraction of sp³-hybridized carbons (Fsp3) is 0.167. The number of ether oxygens (including phenoxy) is 2. The summed E-state index contributed by atoms with van der Waals surface area (Å²) in [5.41, 5.74) is 1.98. The van der Waals surface area contributed by atoms with Gasteiger partial charge in [0, 0.05) is 22.3 Å². The molecule has 0 spiro atoms. The molecule has 0 aromatic heterocycles. The Labute approximate surface area is 188 Å². The van der Waals surface area contributed by atoms with Crippen LogP contribution in [0.1, 0.15) is 17.2 Å². The molecule has 5 rings (SSSR count). The van der Waals surface area contributed by atoms with E-state index in [0.717, 1.165) is 10.5 Å². The van der Waals surface area contributed by atoms with E-state index in [1.165, 1.54) is 23.1 Å². The Kier molecular flexibility index (Phi) is 5.45. The van der Waals surface area contributed by atoms with Crippen molar-refractivity contribution in [2.45, 2.75) is 16.6 Å². The molecule has 0 radical (unpaired) electrons. The van der Waals surface area contributed by atoms with Crippen molar-refractivity contribution in [3.05, 3.63) is 78.1 Å². The van der Waals surface area contributed by atoms with E-state index in [1.54, 1.807) is 17.8 Å². The van der Waals surface area contributed by atoms with E-state index in [1.807, 2.05) is 42.5 Å². The summed E-state index contributed by atoms with van der Waals surface area (Å²) in [5.74, 6) is 0.348. The standard InChI is InChI=1S/C24H19FN2O4S/c25-16-4-3-5-17(11-16)26-23(28)13-27-18-6-1-2-7-21(18)32-22(12-24(27)29)15-8-9-19-20(10-15)31-14-30-19/h1-11,22H,12-14H2,(H,26,28). The fourth-order valence-corrected chi connectivity index (χ4v) is 5.03. The van der Waals surface area contributed by atoms with Gasteiger partial charge in [0.2, 0.25) is 18.6 Å². The van der Waals surface area contributed by atoms with Crippen molar-refractivity contribution in [2.24, 2.45) is 0 Å². The summed E-state index contributed by atoms with van der Waals surface area (Å²) in [6.45, 7) is 0.0212. The van der Waals surface area contributed by atoms with E-state index in [2.05, 4.69) is 5.32 Å². The second kappa shape index (κ2) is 8.55. The molecule has 2 aliphatic rings. The summed E-state index contributed by atoms with van der Waals surface area (Å²) in [4.78, 5) is 28.3. The normalized spacial score (nSPS) is 17.0. The second-order valence-corrected chi connectivity index (χ2v) is 8.67. The number of hydrogen-bond donors (Lipinski definition) is 1. The van der Waals surface area contributed by atoms with Crippen molar-refractivity contribution < 1.29 is 23.5 Å². The molecule has 2 amide bonds. The Morgan fingerprint density at radius 1 is 1.06 bits per heavy atom. The minimum Gasteiger partial charge on any atom is -0.454 e. The molecule has 0 aliphatic carbocycles. The first-order chi connectivity index (χ1) is 15.6. The number of hydrogen-bond acceptors (Lipinski definition) is 5. The molecule has 6 nitrogen and oxygen atoms in total. The third-order valence-corrected chi connectivity index (χ3v) is 6.59. The number of fused-ring (bicyclic) bond motifs is 2. The zero-order valence-corrected chi connectivity index (χ0v) is 17.7. The van der Waals surface area contributed by atoms with Gasteiger partial charge in [0.05, 0.1) is 5.69 Å². The molecule has 0 saturated heterocycles. The number of amides is 2. The van der Waals surface area contributed by atoms with E-state index in [-0.39, 0.29) is 30.9 Å². The van der Waals surface area contributed by atoms with Crippen molar-refractivity contribution in [1.29, 1.82) is 0 Å². The summed E-state index contributed by atoms with van der Waals surface area (Å²) >= 11 is 1.58. The topological polar surface area (TPSA) is 67.9 Å². The maximum Gasteiger partial charge on any atom is 0.244 e. The highest BCUT2D eigenvalue weighted by atomic mass is 32.2. The van der Waals surface area contributed by atoms with Gasteiger partial charge in [-0.2, -0.15) is 0 Å². The molecule has 0 fully saturated rings. The monoisotopic (exact) mass is 450 g/mol. The molecule has 0 saturated carbocycles. The maximum absolute atomic E-state index is 13.4. The number of para-hydroxylation sites is 1. The highest BCUT2D eigenvalue weighted by Crippen LogP contribution is 2.47. The molecule has 32 heavy (non-hydrogen) atoms. The van der Waals surface area contributed by atoms with E-state index < -0.39 is 11.7 Å². The Morgan fingerprint density at radius 2 is 1.91 bits per heavy atom. The smallest absolute Gasteiger partial charge is 0.244 e. The molecule has 3 aromatic rings. The van der Waals surface area contributed by atoms with Crippen molar-refractivity contribution in [3.8, 4) is 11.5 Å². The molecule has 1 unspecified atom stereocenters. The molecule has 2 aliphatic heterocycles. The average Bonchev–Trinajstić information content (AvgIpc) is 3.20. The van der Waals surface area contributed by atoms with Gasteiger partial charge in [-0.05, 0) is 48.0 Å². The first-order valence-corrected chi connectivity index (χ1v) is 11.0. The van der Waals surface area contributed by atoms with Crippen molar-refractivity contribution >= 4 is 35.0 Å². The summed E-state index contributed by atoms with van der Waals surface area (Å²) < 4.78 is 24.3. The van der Waals surface area contributed by atoms with Gasteiger partial charge in [-0.3, -0.25) is 9.59 Å². The lowest BCUT2D eigenvalue weighted by Crippen LogP contribution is -2.38. The molecular weight excluding hydrogens is 431 g/mol. The van der Waals surface area contributed by atoms with Gasteiger partial charge in [-0.1, -0.05) is 24.3 Å². The first-order valence-electron chi connectivity index (χ1n) is 10.1. The summed E-state index contributed by atoms with van der Waals surface area (Å²) in [6.07, 6.45) is 0.215. The Morgan fingerprint density at radius 3 is 2.78 bits per heavy atom. The molecule has 1 atom stereocenters. The second-order valence-electron chi connectivity index (χ2n) is 7.43. The van der Waals surface area contributed by atoms with Crippen molar-refractivity contribution in [1.82, 2.24) is 0 Å². The Balaban J connectivity index is 1.40. The van der Waals surface area contributed by atoms with E-state index >= 15 is 0 Å². The third-order valence-electron chi connectivity index (χ3n) is 5.26. The number of anilines is 2. The van der Waals surface area contributed by atoms with Crippen LogP contribution in [-0.2, 0) is 9.59 Å². The van der Waals surface area contributed by atoms with Crippen molar-refractivity contribution in [3.63, 3.8) is 0 Å². The SMILES string of the molecule is O=C(CN1C(=O)CC(c2ccc3c(c2)OCO3)Sc2ccccc21)Nc1cccc(F)c1. The number of benzene rings is 3. The minimum atomic E-state index is -0.443. The van der Waals surface area contributed by atoms with Gasteiger partial charge in [0.1, 0.15) is 12.4 Å². The van der Waals surface area contributed by atoms with Crippen LogP contribution in [0.3, 0.4) is 0 Å². The quantitative estimate of drug-likeness (QED) is 0.621. The van der Waals surface area contributed by atoms with Gasteiger partial charge < -0.3 is 19.7 Å².